The molecule has 1 aromatic carbocycles. The third-order valence-electron chi connectivity index (χ3n) is 5.64. The second-order valence-corrected chi connectivity index (χ2v) is 9.21. The van der Waals surface area contributed by atoms with Gasteiger partial charge in [-0.3, -0.25) is 4.79 Å². The van der Waals surface area contributed by atoms with Gasteiger partial charge in [0, 0.05) is 23.7 Å². The molecule has 0 saturated heterocycles. The zero-order chi connectivity index (χ0) is 24.6. The van der Waals surface area contributed by atoms with E-state index in [2.05, 4.69) is 17.2 Å². The Morgan fingerprint density at radius 2 is 1.82 bits per heavy atom. The lowest BCUT2D eigenvalue weighted by atomic mass is 9.85. The van der Waals surface area contributed by atoms with Gasteiger partial charge in [0.2, 0.25) is 17.7 Å². The lowest BCUT2D eigenvalue weighted by molar-refractivity contribution is -0.116. The van der Waals surface area contributed by atoms with E-state index in [1.54, 1.807) is 32.4 Å². The highest BCUT2D eigenvalue weighted by atomic mass is 16.5. The second kappa shape index (κ2) is 11.7. The van der Waals surface area contributed by atoms with Crippen molar-refractivity contribution < 1.29 is 24.2 Å². The number of hydrogen-bond donors (Lipinski definition) is 2. The Bertz CT molecular complexity index is 966. The van der Waals surface area contributed by atoms with Crippen LogP contribution in [0.15, 0.2) is 30.3 Å². The molecule has 0 radical (unpaired) electrons. The number of nitrogens with one attached hydrogen (secondary N) is 1. The van der Waals surface area contributed by atoms with Crippen LogP contribution in [-0.4, -0.2) is 36.2 Å². The molecule has 180 valence electrons. The monoisotopic (exact) mass is 456 g/mol. The molecule has 0 aliphatic rings. The smallest absolute Gasteiger partial charge is 0.335 e. The maximum Gasteiger partial charge on any atom is 0.335 e. The summed E-state index contributed by atoms with van der Waals surface area (Å²) < 4.78 is 10.7. The first-order valence-electron chi connectivity index (χ1n) is 11.4. The molecule has 1 aromatic heterocycles. The molecule has 33 heavy (non-hydrogen) atoms. The molecule has 0 fully saturated rings. The number of aromatic nitrogens is 1. The van der Waals surface area contributed by atoms with Crippen molar-refractivity contribution in [3.63, 3.8) is 0 Å². The number of methoxy groups -OCH3 is 2. The van der Waals surface area contributed by atoms with Crippen molar-refractivity contribution in [1.29, 1.82) is 0 Å². The highest BCUT2D eigenvalue weighted by molar-refractivity contribution is 5.95. The fourth-order valence-corrected chi connectivity index (χ4v) is 3.89. The molecule has 7 nitrogen and oxygen atoms in total. The number of amides is 1. The summed E-state index contributed by atoms with van der Waals surface area (Å²) >= 11 is 0. The maximum absolute atomic E-state index is 13.2. The number of carbonyl (C=O) groups is 2. The van der Waals surface area contributed by atoms with E-state index < -0.39 is 5.97 Å². The van der Waals surface area contributed by atoms with Gasteiger partial charge in [0.25, 0.3) is 0 Å². The van der Waals surface area contributed by atoms with E-state index >= 15 is 0 Å². The number of rotatable bonds is 11. The maximum atomic E-state index is 13.2. The van der Waals surface area contributed by atoms with E-state index in [9.17, 15) is 14.7 Å². The Morgan fingerprint density at radius 1 is 1.09 bits per heavy atom. The van der Waals surface area contributed by atoms with E-state index in [4.69, 9.17) is 9.47 Å². The number of anilines is 1. The average Bonchev–Trinajstić information content (AvgIpc) is 2.77. The summed E-state index contributed by atoms with van der Waals surface area (Å²) in [5, 5.41) is 12.4. The van der Waals surface area contributed by atoms with Gasteiger partial charge in [-0.1, -0.05) is 53.0 Å². The Labute approximate surface area is 196 Å². The lowest BCUT2D eigenvalue weighted by Crippen LogP contribution is -2.21. The van der Waals surface area contributed by atoms with Crippen molar-refractivity contribution in [1.82, 2.24) is 4.98 Å². The molecule has 7 heteroatoms. The van der Waals surface area contributed by atoms with Crippen molar-refractivity contribution >= 4 is 17.6 Å². The van der Waals surface area contributed by atoms with Crippen LogP contribution < -0.4 is 14.8 Å². The molecular weight excluding hydrogens is 420 g/mol. The summed E-state index contributed by atoms with van der Waals surface area (Å²) in [7, 11) is 3.10. The van der Waals surface area contributed by atoms with Gasteiger partial charge in [-0.15, -0.1) is 0 Å². The van der Waals surface area contributed by atoms with Gasteiger partial charge in [-0.05, 0) is 41.5 Å². The van der Waals surface area contributed by atoms with Gasteiger partial charge in [-0.25, -0.2) is 4.79 Å². The van der Waals surface area contributed by atoms with E-state index in [0.717, 1.165) is 36.8 Å². The Balaban J connectivity index is 2.34. The second-order valence-electron chi connectivity index (χ2n) is 9.21. The average molecular weight is 457 g/mol. The molecule has 0 spiro atoms. The largest absolute Gasteiger partial charge is 0.481 e. The molecule has 1 amide bonds. The number of carbonyl (C=O) groups excluding carboxylic acids is 1. The minimum absolute atomic E-state index is 0.0920. The summed E-state index contributed by atoms with van der Waals surface area (Å²) in [6, 6.07) is 8.55. The summed E-state index contributed by atoms with van der Waals surface area (Å²) in [5.41, 5.74) is 2.15. The number of hydrogen-bond acceptors (Lipinski definition) is 5. The molecule has 0 saturated carbocycles. The fraction of sp³-hybridized carbons (Fsp3) is 0.500. The van der Waals surface area contributed by atoms with Crippen LogP contribution in [0.4, 0.5) is 5.69 Å². The van der Waals surface area contributed by atoms with Crippen LogP contribution in [0, 0.1) is 0 Å². The molecule has 1 unspecified atom stereocenters. The van der Waals surface area contributed by atoms with Crippen LogP contribution >= 0.6 is 0 Å². The Kier molecular flexibility index (Phi) is 9.26. The Morgan fingerprint density at radius 3 is 2.39 bits per heavy atom. The normalized spacial score (nSPS) is 12.2. The first-order valence-corrected chi connectivity index (χ1v) is 11.4. The van der Waals surface area contributed by atoms with E-state index in [1.165, 1.54) is 6.07 Å². The van der Waals surface area contributed by atoms with Crippen molar-refractivity contribution in [2.24, 2.45) is 0 Å². The van der Waals surface area contributed by atoms with Gasteiger partial charge in [-0.2, -0.15) is 4.98 Å². The zero-order valence-electron chi connectivity index (χ0n) is 20.5. The minimum Gasteiger partial charge on any atom is -0.481 e. The fourth-order valence-electron chi connectivity index (χ4n) is 3.89. The molecular formula is C26H36N2O5. The van der Waals surface area contributed by atoms with Gasteiger partial charge < -0.3 is 19.9 Å². The van der Waals surface area contributed by atoms with Crippen LogP contribution in [0.5, 0.6) is 11.8 Å². The molecule has 1 atom stereocenters. The van der Waals surface area contributed by atoms with Crippen LogP contribution in [0.25, 0.3) is 0 Å². The van der Waals surface area contributed by atoms with Crippen LogP contribution in [0.2, 0.25) is 0 Å². The number of pyridine rings is 1. The third-order valence-corrected chi connectivity index (χ3v) is 5.64. The molecule has 0 aliphatic heterocycles. The molecule has 2 N–H and O–H groups in total. The molecule has 0 bridgehead atoms. The highest BCUT2D eigenvalue weighted by Gasteiger charge is 2.24. The predicted molar refractivity (Wildman–Crippen MR) is 130 cm³/mol. The number of aromatic carboxylic acids is 1. The zero-order valence-corrected chi connectivity index (χ0v) is 20.5. The quantitative estimate of drug-likeness (QED) is 0.416. The first-order chi connectivity index (χ1) is 15.6. The van der Waals surface area contributed by atoms with E-state index in [1.807, 2.05) is 26.8 Å². The minimum atomic E-state index is -1.03. The summed E-state index contributed by atoms with van der Waals surface area (Å²) in [6.07, 6.45) is 4.17. The van der Waals surface area contributed by atoms with E-state index in [0.29, 0.717) is 17.4 Å². The predicted octanol–water partition coefficient (Wildman–Crippen LogP) is 5.79. The van der Waals surface area contributed by atoms with Crippen molar-refractivity contribution in [3.8, 4) is 11.8 Å². The number of nitrogens with zero attached hydrogens (tertiary/aromatic N) is 1. The standard InChI is InChI=1S/C26H36N2O5/c1-7-8-9-10-17(19-12-14-23(32-5)28-24(19)33-6)16-22(29)27-21-15-18(25(30)31)11-13-20(21)26(2,3)4/h11-15,17H,7-10,16H2,1-6H3,(H,27,29)(H,30,31). The lowest BCUT2D eigenvalue weighted by Gasteiger charge is -2.24. The topological polar surface area (TPSA) is 97.8 Å². The highest BCUT2D eigenvalue weighted by Crippen LogP contribution is 2.35. The molecule has 2 aromatic rings. The summed E-state index contributed by atoms with van der Waals surface area (Å²) in [6.45, 7) is 8.22. The van der Waals surface area contributed by atoms with Crippen LogP contribution in [-0.2, 0) is 10.2 Å². The number of carboxylic acids is 1. The van der Waals surface area contributed by atoms with Crippen LogP contribution in [0.1, 0.15) is 87.2 Å². The summed E-state index contributed by atoms with van der Waals surface area (Å²) in [5.74, 6) is -0.398. The first kappa shape index (κ1) is 26.2. The van der Waals surface area contributed by atoms with Crippen molar-refractivity contribution in [2.75, 3.05) is 19.5 Å². The molecule has 0 aliphatic carbocycles. The number of ether oxygens (including phenoxy) is 2. The van der Waals surface area contributed by atoms with E-state index in [-0.39, 0.29) is 29.2 Å². The summed E-state index contributed by atoms with van der Waals surface area (Å²) in [4.78, 5) is 29.0. The molecule has 2 rings (SSSR count). The van der Waals surface area contributed by atoms with Gasteiger partial charge in [0.1, 0.15) is 0 Å². The van der Waals surface area contributed by atoms with Gasteiger partial charge in [0.05, 0.1) is 19.8 Å². The van der Waals surface area contributed by atoms with Crippen molar-refractivity contribution in [2.45, 2.75) is 71.1 Å². The Hall–Kier alpha value is -3.09. The molecule has 1 heterocycles. The number of unbranched alkanes of at least 4 members (excludes halogenated alkanes) is 2. The van der Waals surface area contributed by atoms with Crippen molar-refractivity contribution in [3.05, 3.63) is 47.0 Å². The number of benzene rings is 1. The van der Waals surface area contributed by atoms with Gasteiger partial charge in [0.15, 0.2) is 0 Å². The number of carboxylic acid groups (broad SMARTS) is 1. The third kappa shape index (κ3) is 7.20. The van der Waals surface area contributed by atoms with Crippen LogP contribution in [0.3, 0.4) is 0 Å². The van der Waals surface area contributed by atoms with Gasteiger partial charge >= 0.3 is 5.97 Å². The SMILES string of the molecule is CCCCCC(CC(=O)Nc1cc(C(=O)O)ccc1C(C)(C)C)c1ccc(OC)nc1OC.